The maximum atomic E-state index is 13.8. The Kier molecular flexibility index (Phi) is 11.5. The smallest absolute Gasteiger partial charge is 0.405 e. The number of aromatic nitrogens is 4. The molecular formula is C40H44Cl3N7O4. The standard InChI is InChI=1S/C40H41N7O4.3ClH/c1-21(51-2)34(46-40(49)50)39(48)47-29-12-9-28(19-29)36(47)38-42-20-33(44-38)27-8-7-23-16-22(5-6-24(23)18-27)25-10-13-30-26(17-25)11-14-31-35(30)45-37(43-31)32-4-3-15-41-32;;;/h5-8,10-11,13-14,16-18,20-21,28-29,32,34,36,41,46H,3-4,9,12,15,19H2,1-2H3,(H,42,44)(H,43,45)(H,49,50);3*1H/t21-,28+,29-,32+,34+,36+;;;/m1.../s1. The summed E-state index contributed by atoms with van der Waals surface area (Å²) in [5, 5.41) is 20.0. The number of benzene rings is 4. The number of carbonyl (C=O) groups excluding carboxylic acids is 1. The number of fused-ring (bicyclic) bond motifs is 6. The lowest BCUT2D eigenvalue weighted by molar-refractivity contribution is -0.141. The number of methoxy groups -OCH3 is 1. The Morgan fingerprint density at radius 3 is 2.31 bits per heavy atom. The zero-order valence-electron chi connectivity index (χ0n) is 29.9. The Labute approximate surface area is 331 Å². The highest BCUT2D eigenvalue weighted by atomic mass is 35.5. The predicted octanol–water partition coefficient (Wildman–Crippen LogP) is 8.34. The van der Waals surface area contributed by atoms with Crippen molar-refractivity contribution in [2.24, 2.45) is 5.92 Å². The molecule has 14 heteroatoms. The van der Waals surface area contributed by atoms with Crippen molar-refractivity contribution in [3.05, 3.63) is 84.6 Å². The van der Waals surface area contributed by atoms with E-state index in [1.54, 1.807) is 6.92 Å². The molecule has 2 aliphatic heterocycles. The number of nitrogens with one attached hydrogen (secondary N) is 4. The van der Waals surface area contributed by atoms with Gasteiger partial charge in [0, 0.05) is 24.1 Å². The van der Waals surface area contributed by atoms with Crippen LogP contribution < -0.4 is 10.6 Å². The number of hydrogen-bond donors (Lipinski definition) is 5. The fourth-order valence-corrected chi connectivity index (χ4v) is 8.78. The number of halogens is 3. The molecule has 284 valence electrons. The lowest BCUT2D eigenvalue weighted by atomic mass is 9.96. The molecule has 11 nitrogen and oxygen atoms in total. The fourth-order valence-electron chi connectivity index (χ4n) is 8.78. The molecule has 3 fully saturated rings. The van der Waals surface area contributed by atoms with Gasteiger partial charge in [-0.15, -0.1) is 37.2 Å². The van der Waals surface area contributed by atoms with Gasteiger partial charge in [0.05, 0.1) is 41.1 Å². The number of likely N-dealkylation sites (tertiary alicyclic amines) is 1. The third-order valence-corrected chi connectivity index (χ3v) is 11.5. The Morgan fingerprint density at radius 1 is 0.889 bits per heavy atom. The van der Waals surface area contributed by atoms with Gasteiger partial charge in [-0.05, 0) is 103 Å². The van der Waals surface area contributed by atoms with Crippen LogP contribution in [0.15, 0.2) is 72.9 Å². The second kappa shape index (κ2) is 15.8. The number of nitrogens with zero attached hydrogens (tertiary/aromatic N) is 3. The van der Waals surface area contributed by atoms with Crippen molar-refractivity contribution in [1.29, 1.82) is 0 Å². The number of amides is 2. The van der Waals surface area contributed by atoms with Gasteiger partial charge in [-0.3, -0.25) is 4.79 Å². The van der Waals surface area contributed by atoms with E-state index in [2.05, 4.69) is 87.3 Å². The molecule has 4 heterocycles. The van der Waals surface area contributed by atoms with Crippen LogP contribution in [-0.4, -0.2) is 73.8 Å². The van der Waals surface area contributed by atoms with Crippen molar-refractivity contribution < 1.29 is 19.4 Å². The molecule has 54 heavy (non-hydrogen) atoms. The summed E-state index contributed by atoms with van der Waals surface area (Å²) in [6.45, 7) is 2.75. The van der Waals surface area contributed by atoms with Gasteiger partial charge in [0.15, 0.2) is 0 Å². The number of carboxylic acid groups (broad SMARTS) is 1. The van der Waals surface area contributed by atoms with Crippen LogP contribution in [-0.2, 0) is 9.53 Å². The second-order valence-electron chi connectivity index (χ2n) is 14.4. The number of H-pyrrole nitrogens is 2. The largest absolute Gasteiger partial charge is 0.465 e. The Balaban J connectivity index is 0.00000166. The highest BCUT2D eigenvalue weighted by molar-refractivity contribution is 6.05. The number of piperidine rings is 1. The van der Waals surface area contributed by atoms with Gasteiger partial charge in [-0.2, -0.15) is 0 Å². The van der Waals surface area contributed by atoms with Crippen LogP contribution in [0.2, 0.25) is 0 Å². The SMILES string of the molecule is CO[C@H](C)[C@H](NC(=O)O)C(=O)N1[C@@H]2CC[C@@H](C2)[C@H]1c1ncc(-c2ccc3cc(-c4ccc5c(ccc6[nH]c([C@@H]7CCCN7)nc65)c4)ccc3c2)[nH]1.Cl.Cl.Cl. The van der Waals surface area contributed by atoms with E-state index in [0.717, 1.165) is 93.5 Å². The van der Waals surface area contributed by atoms with E-state index in [1.165, 1.54) is 18.9 Å². The number of rotatable bonds is 8. The van der Waals surface area contributed by atoms with E-state index in [9.17, 15) is 14.7 Å². The van der Waals surface area contributed by atoms with E-state index in [-0.39, 0.29) is 61.1 Å². The minimum absolute atomic E-state index is 0. The Hall–Kier alpha value is -4.39. The van der Waals surface area contributed by atoms with Crippen molar-refractivity contribution in [1.82, 2.24) is 35.5 Å². The topological polar surface area (TPSA) is 148 Å². The minimum atomic E-state index is -1.25. The summed E-state index contributed by atoms with van der Waals surface area (Å²) in [6.07, 6.45) is 5.06. The van der Waals surface area contributed by atoms with Crippen LogP contribution in [0.4, 0.5) is 4.79 Å². The normalized spacial score (nSPS) is 21.4. The number of hydrogen-bond acceptors (Lipinski definition) is 6. The zero-order chi connectivity index (χ0) is 34.8. The van der Waals surface area contributed by atoms with Crippen LogP contribution >= 0.6 is 37.2 Å². The van der Waals surface area contributed by atoms with Crippen LogP contribution in [0.1, 0.15) is 62.8 Å². The molecule has 0 radical (unpaired) electrons. The molecule has 0 unspecified atom stereocenters. The summed E-state index contributed by atoms with van der Waals surface area (Å²) >= 11 is 0. The first-order valence-electron chi connectivity index (χ1n) is 17.9. The van der Waals surface area contributed by atoms with E-state index in [0.29, 0.717) is 6.04 Å². The summed E-state index contributed by atoms with van der Waals surface area (Å²) in [5.74, 6) is 1.76. The molecule has 9 rings (SSSR count). The Morgan fingerprint density at radius 2 is 1.59 bits per heavy atom. The fraction of sp³-hybridized carbons (Fsp3) is 0.350. The summed E-state index contributed by atoms with van der Waals surface area (Å²) in [4.78, 5) is 44.1. The molecule has 2 aromatic heterocycles. The molecule has 2 bridgehead atoms. The predicted molar refractivity (Wildman–Crippen MR) is 218 cm³/mol. The number of ether oxygens (including phenoxy) is 1. The van der Waals surface area contributed by atoms with Gasteiger partial charge in [0.1, 0.15) is 17.7 Å². The van der Waals surface area contributed by atoms with Gasteiger partial charge >= 0.3 is 6.09 Å². The lowest BCUT2D eigenvalue weighted by Crippen LogP contribution is -2.56. The summed E-state index contributed by atoms with van der Waals surface area (Å²) in [5.41, 5.74) is 6.29. The number of carbonyl (C=O) groups is 2. The van der Waals surface area contributed by atoms with Crippen molar-refractivity contribution in [2.75, 3.05) is 13.7 Å². The molecule has 2 saturated heterocycles. The first-order valence-corrected chi connectivity index (χ1v) is 17.9. The molecule has 3 aliphatic rings. The average Bonchev–Trinajstić information content (AvgIpc) is 4.00. The first-order chi connectivity index (χ1) is 24.8. The number of imidazole rings is 2. The second-order valence-corrected chi connectivity index (χ2v) is 14.4. The molecule has 6 aromatic rings. The molecular weight excluding hydrogens is 749 g/mol. The van der Waals surface area contributed by atoms with Crippen molar-refractivity contribution >= 4 is 81.8 Å². The van der Waals surface area contributed by atoms with Crippen LogP contribution in [0.3, 0.4) is 0 Å². The van der Waals surface area contributed by atoms with Gasteiger partial charge in [0.2, 0.25) is 5.91 Å². The molecule has 6 atom stereocenters. The van der Waals surface area contributed by atoms with E-state index in [4.69, 9.17) is 14.7 Å². The number of aromatic amines is 2. The highest BCUT2D eigenvalue weighted by Gasteiger charge is 2.51. The zero-order valence-corrected chi connectivity index (χ0v) is 32.3. The van der Waals surface area contributed by atoms with Crippen LogP contribution in [0.25, 0.3) is 55.0 Å². The molecule has 4 aromatic carbocycles. The molecule has 5 N–H and O–H groups in total. The highest BCUT2D eigenvalue weighted by Crippen LogP contribution is 2.50. The van der Waals surface area contributed by atoms with Crippen LogP contribution in [0, 0.1) is 5.92 Å². The van der Waals surface area contributed by atoms with Crippen LogP contribution in [0.5, 0.6) is 0 Å². The van der Waals surface area contributed by atoms with Gasteiger partial charge in [0.25, 0.3) is 0 Å². The average molecular weight is 793 g/mol. The quantitative estimate of drug-likeness (QED) is 0.104. The summed E-state index contributed by atoms with van der Waals surface area (Å²) < 4.78 is 5.39. The monoisotopic (exact) mass is 791 g/mol. The van der Waals surface area contributed by atoms with Crippen molar-refractivity contribution in [2.45, 2.75) is 69.3 Å². The molecule has 0 spiro atoms. The van der Waals surface area contributed by atoms with Gasteiger partial charge in [-0.25, -0.2) is 14.8 Å². The van der Waals surface area contributed by atoms with E-state index in [1.807, 2.05) is 11.1 Å². The minimum Gasteiger partial charge on any atom is -0.465 e. The van der Waals surface area contributed by atoms with Gasteiger partial charge < -0.3 is 35.3 Å². The third-order valence-electron chi connectivity index (χ3n) is 11.5. The van der Waals surface area contributed by atoms with E-state index < -0.39 is 18.2 Å². The first kappa shape index (κ1) is 39.3. The van der Waals surface area contributed by atoms with Crippen molar-refractivity contribution in [3.8, 4) is 22.4 Å². The lowest BCUT2D eigenvalue weighted by Gasteiger charge is -2.37. The summed E-state index contributed by atoms with van der Waals surface area (Å²) in [7, 11) is 1.48. The van der Waals surface area contributed by atoms with Crippen molar-refractivity contribution in [3.63, 3.8) is 0 Å². The van der Waals surface area contributed by atoms with E-state index >= 15 is 0 Å². The van der Waals surface area contributed by atoms with Gasteiger partial charge in [-0.1, -0.05) is 42.5 Å². The molecule has 1 aliphatic carbocycles. The Bertz CT molecular complexity index is 2320. The maximum Gasteiger partial charge on any atom is 0.405 e. The molecule has 2 amide bonds. The molecule has 1 saturated carbocycles. The maximum absolute atomic E-state index is 13.8. The summed E-state index contributed by atoms with van der Waals surface area (Å²) in [6, 6.07) is 23.0. The third kappa shape index (κ3) is 6.88.